The molecule has 1 heterocycles. The zero-order chi connectivity index (χ0) is 16.0. The van der Waals surface area contributed by atoms with Gasteiger partial charge in [0.25, 0.3) is 0 Å². The van der Waals surface area contributed by atoms with Crippen LogP contribution in [0.3, 0.4) is 0 Å². The fourth-order valence-electron chi connectivity index (χ4n) is 2.50. The SMILES string of the molecule is C=CC(=O)OCCCCCCCCCCCn1cc[n+](C)c1. The van der Waals surface area contributed by atoms with Gasteiger partial charge in [-0.15, -0.1) is 0 Å². The van der Waals surface area contributed by atoms with Gasteiger partial charge in [-0.1, -0.05) is 45.1 Å². The number of esters is 1. The molecule has 1 aromatic rings. The average Bonchev–Trinajstić information content (AvgIpc) is 2.93. The van der Waals surface area contributed by atoms with Crippen LogP contribution in [0.5, 0.6) is 0 Å². The normalized spacial score (nSPS) is 10.6. The van der Waals surface area contributed by atoms with Crippen LogP contribution in [0.1, 0.15) is 57.8 Å². The Labute approximate surface area is 134 Å². The maximum Gasteiger partial charge on any atom is 0.330 e. The molecule has 0 aromatic carbocycles. The first-order valence-corrected chi connectivity index (χ1v) is 8.52. The van der Waals surface area contributed by atoms with Crippen molar-refractivity contribution >= 4 is 5.97 Å². The van der Waals surface area contributed by atoms with Crippen LogP contribution in [0, 0.1) is 0 Å². The average molecular weight is 307 g/mol. The van der Waals surface area contributed by atoms with Crippen LogP contribution >= 0.6 is 0 Å². The molecule has 22 heavy (non-hydrogen) atoms. The van der Waals surface area contributed by atoms with Gasteiger partial charge in [0, 0.05) is 6.08 Å². The summed E-state index contributed by atoms with van der Waals surface area (Å²) in [6, 6.07) is 0. The first-order chi connectivity index (χ1) is 10.7. The summed E-state index contributed by atoms with van der Waals surface area (Å²) in [6.07, 6.45) is 18.8. The lowest BCUT2D eigenvalue weighted by Crippen LogP contribution is -2.23. The summed E-state index contributed by atoms with van der Waals surface area (Å²) < 4.78 is 9.27. The number of carbonyl (C=O) groups is 1. The van der Waals surface area contributed by atoms with Crippen LogP contribution in [0.25, 0.3) is 0 Å². The van der Waals surface area contributed by atoms with E-state index in [0.717, 1.165) is 19.4 Å². The molecular formula is C18H31N2O2+. The van der Waals surface area contributed by atoms with Gasteiger partial charge in [-0.2, -0.15) is 0 Å². The zero-order valence-corrected chi connectivity index (χ0v) is 14.0. The van der Waals surface area contributed by atoms with Crippen LogP contribution in [0.2, 0.25) is 0 Å². The molecule has 0 spiro atoms. The number of carbonyl (C=O) groups excluding carboxylic acids is 1. The highest BCUT2D eigenvalue weighted by Crippen LogP contribution is 2.10. The van der Waals surface area contributed by atoms with Gasteiger partial charge in [0.15, 0.2) is 0 Å². The van der Waals surface area contributed by atoms with Crippen LogP contribution in [-0.2, 0) is 23.1 Å². The van der Waals surface area contributed by atoms with Crippen LogP contribution in [0.4, 0.5) is 0 Å². The summed E-state index contributed by atoms with van der Waals surface area (Å²) in [5.41, 5.74) is 0. The van der Waals surface area contributed by atoms with E-state index < -0.39 is 0 Å². The van der Waals surface area contributed by atoms with E-state index in [9.17, 15) is 4.79 Å². The number of aromatic nitrogens is 2. The summed E-state index contributed by atoms with van der Waals surface area (Å²) in [5, 5.41) is 0. The fraction of sp³-hybridized carbons (Fsp3) is 0.667. The molecule has 0 unspecified atom stereocenters. The molecule has 4 nitrogen and oxygen atoms in total. The lowest BCUT2D eigenvalue weighted by atomic mass is 10.1. The van der Waals surface area contributed by atoms with Crippen LogP contribution < -0.4 is 4.57 Å². The number of unbranched alkanes of at least 4 members (excludes halogenated alkanes) is 8. The van der Waals surface area contributed by atoms with Crippen molar-refractivity contribution in [1.82, 2.24) is 4.57 Å². The van der Waals surface area contributed by atoms with Crippen molar-refractivity contribution < 1.29 is 14.1 Å². The Hall–Kier alpha value is -1.58. The number of hydrogen-bond donors (Lipinski definition) is 0. The van der Waals surface area contributed by atoms with Crippen molar-refractivity contribution in [3.05, 3.63) is 31.4 Å². The molecular weight excluding hydrogens is 276 g/mol. The molecule has 0 amide bonds. The van der Waals surface area contributed by atoms with E-state index in [-0.39, 0.29) is 5.97 Å². The van der Waals surface area contributed by atoms with Crippen molar-refractivity contribution in [2.75, 3.05) is 6.61 Å². The van der Waals surface area contributed by atoms with Crippen molar-refractivity contribution in [2.45, 2.75) is 64.3 Å². The molecule has 0 fully saturated rings. The van der Waals surface area contributed by atoms with Gasteiger partial charge in [0.1, 0.15) is 12.4 Å². The highest BCUT2D eigenvalue weighted by molar-refractivity contribution is 5.81. The van der Waals surface area contributed by atoms with Crippen molar-refractivity contribution in [3.8, 4) is 0 Å². The monoisotopic (exact) mass is 307 g/mol. The summed E-state index contributed by atoms with van der Waals surface area (Å²) in [7, 11) is 2.06. The second kappa shape index (κ2) is 12.0. The molecule has 1 aromatic heterocycles. The summed E-state index contributed by atoms with van der Waals surface area (Å²) in [4.78, 5) is 10.8. The third-order valence-electron chi connectivity index (χ3n) is 3.80. The maximum absolute atomic E-state index is 10.8. The lowest BCUT2D eigenvalue weighted by molar-refractivity contribution is -0.671. The minimum atomic E-state index is -0.311. The fourth-order valence-corrected chi connectivity index (χ4v) is 2.50. The van der Waals surface area contributed by atoms with Crippen LogP contribution in [-0.4, -0.2) is 17.1 Å². The van der Waals surface area contributed by atoms with E-state index in [1.54, 1.807) is 0 Å². The molecule has 0 saturated carbocycles. The quantitative estimate of drug-likeness (QED) is 0.242. The zero-order valence-electron chi connectivity index (χ0n) is 14.0. The first kappa shape index (κ1) is 18.5. The van der Waals surface area contributed by atoms with E-state index in [4.69, 9.17) is 4.74 Å². The predicted octanol–water partition coefficient (Wildman–Crippen LogP) is 3.55. The predicted molar refractivity (Wildman–Crippen MR) is 88.3 cm³/mol. The summed E-state index contributed by atoms with van der Waals surface area (Å²) in [5.74, 6) is -0.311. The molecule has 0 aliphatic heterocycles. The van der Waals surface area contributed by atoms with E-state index in [1.165, 1.54) is 51.0 Å². The maximum atomic E-state index is 10.8. The largest absolute Gasteiger partial charge is 0.463 e. The summed E-state index contributed by atoms with van der Waals surface area (Å²) in [6.45, 7) is 5.03. The van der Waals surface area contributed by atoms with Gasteiger partial charge in [0.2, 0.25) is 6.33 Å². The third kappa shape index (κ3) is 9.37. The Morgan fingerprint density at radius 3 is 2.23 bits per heavy atom. The Balaban J connectivity index is 1.78. The standard InChI is InChI=1S/C18H31N2O2/c1-3-18(21)22-16-12-10-8-6-4-5-7-9-11-13-20-15-14-19(2)17-20/h3,14-15,17H,1,4-13,16H2,2H3/q+1. The Morgan fingerprint density at radius 1 is 1.09 bits per heavy atom. The topological polar surface area (TPSA) is 35.1 Å². The van der Waals surface area contributed by atoms with Crippen LogP contribution in [0.15, 0.2) is 31.4 Å². The highest BCUT2D eigenvalue weighted by Gasteiger charge is 1.99. The van der Waals surface area contributed by atoms with Gasteiger partial charge in [-0.25, -0.2) is 13.9 Å². The molecule has 0 saturated heterocycles. The third-order valence-corrected chi connectivity index (χ3v) is 3.80. The Kier molecular flexibility index (Phi) is 10.1. The molecule has 0 N–H and O–H groups in total. The minimum Gasteiger partial charge on any atom is -0.463 e. The number of hydrogen-bond acceptors (Lipinski definition) is 2. The number of nitrogens with zero attached hydrogens (tertiary/aromatic N) is 2. The Bertz CT molecular complexity index is 426. The van der Waals surface area contributed by atoms with E-state index in [0.29, 0.717) is 6.61 Å². The molecule has 124 valence electrons. The number of ether oxygens (including phenoxy) is 1. The van der Waals surface area contributed by atoms with Gasteiger partial charge in [-0.05, 0) is 19.3 Å². The molecule has 0 bridgehead atoms. The minimum absolute atomic E-state index is 0.311. The highest BCUT2D eigenvalue weighted by atomic mass is 16.5. The Morgan fingerprint density at radius 2 is 1.68 bits per heavy atom. The van der Waals surface area contributed by atoms with E-state index >= 15 is 0 Å². The van der Waals surface area contributed by atoms with E-state index in [2.05, 4.69) is 41.5 Å². The smallest absolute Gasteiger partial charge is 0.330 e. The summed E-state index contributed by atoms with van der Waals surface area (Å²) >= 11 is 0. The van der Waals surface area contributed by atoms with E-state index in [1.807, 2.05) is 0 Å². The molecule has 0 aliphatic rings. The second-order valence-corrected chi connectivity index (χ2v) is 5.87. The van der Waals surface area contributed by atoms with Crippen molar-refractivity contribution in [3.63, 3.8) is 0 Å². The van der Waals surface area contributed by atoms with Crippen molar-refractivity contribution in [1.29, 1.82) is 0 Å². The first-order valence-electron chi connectivity index (χ1n) is 8.52. The molecule has 0 atom stereocenters. The second-order valence-electron chi connectivity index (χ2n) is 5.87. The van der Waals surface area contributed by atoms with Gasteiger partial charge in [0.05, 0.1) is 20.2 Å². The van der Waals surface area contributed by atoms with Crippen molar-refractivity contribution in [2.24, 2.45) is 7.05 Å². The molecule has 1 rings (SSSR count). The molecule has 4 heteroatoms. The lowest BCUT2D eigenvalue weighted by Gasteiger charge is -2.03. The number of imidazole rings is 1. The number of rotatable bonds is 13. The van der Waals surface area contributed by atoms with Gasteiger partial charge in [-0.3, -0.25) is 0 Å². The molecule has 0 aliphatic carbocycles. The molecule has 0 radical (unpaired) electrons. The number of aryl methyl sites for hydroxylation is 2. The van der Waals surface area contributed by atoms with Gasteiger partial charge >= 0.3 is 5.97 Å². The van der Waals surface area contributed by atoms with Gasteiger partial charge < -0.3 is 4.74 Å².